The summed E-state index contributed by atoms with van der Waals surface area (Å²) >= 11 is 1.55. The van der Waals surface area contributed by atoms with Gasteiger partial charge in [-0.05, 0) is 42.1 Å². The number of fused-ring (bicyclic) bond motifs is 1. The molecule has 4 rings (SSSR count). The first-order valence-electron chi connectivity index (χ1n) is 9.54. The highest BCUT2D eigenvalue weighted by molar-refractivity contribution is 7.10. The molecule has 148 valence electrons. The second-order valence-corrected chi connectivity index (χ2v) is 7.84. The van der Waals surface area contributed by atoms with Gasteiger partial charge in [-0.1, -0.05) is 36.4 Å². The summed E-state index contributed by atoms with van der Waals surface area (Å²) in [7, 11) is 1.76. The number of carbonyl (C=O) groups is 2. The topological polar surface area (TPSA) is 58.6 Å². The Hall–Kier alpha value is -3.12. The zero-order valence-corrected chi connectivity index (χ0v) is 17.1. The van der Waals surface area contributed by atoms with Crippen LogP contribution in [0.25, 0.3) is 0 Å². The number of rotatable bonds is 5. The van der Waals surface area contributed by atoms with E-state index in [9.17, 15) is 9.59 Å². The summed E-state index contributed by atoms with van der Waals surface area (Å²) in [6, 6.07) is 18.3. The number of nitrogens with one attached hydrogen (secondary N) is 1. The van der Waals surface area contributed by atoms with Crippen molar-refractivity contribution in [2.24, 2.45) is 0 Å². The van der Waals surface area contributed by atoms with Crippen LogP contribution in [-0.4, -0.2) is 30.4 Å². The highest BCUT2D eigenvalue weighted by atomic mass is 32.1. The van der Waals surface area contributed by atoms with E-state index in [1.165, 1.54) is 0 Å². The van der Waals surface area contributed by atoms with Gasteiger partial charge in [0.25, 0.3) is 5.91 Å². The molecule has 0 bridgehead atoms. The van der Waals surface area contributed by atoms with Crippen molar-refractivity contribution in [1.29, 1.82) is 0 Å². The summed E-state index contributed by atoms with van der Waals surface area (Å²) in [5.41, 5.74) is 1.95. The van der Waals surface area contributed by atoms with Crippen LogP contribution in [0.4, 0.5) is 5.69 Å². The van der Waals surface area contributed by atoms with Gasteiger partial charge in [-0.15, -0.1) is 11.3 Å². The molecule has 1 aliphatic heterocycles. The lowest BCUT2D eigenvalue weighted by Crippen LogP contribution is -2.43. The number of amides is 2. The molecule has 0 radical (unpaired) electrons. The van der Waals surface area contributed by atoms with Crippen LogP contribution >= 0.6 is 11.3 Å². The average molecular weight is 407 g/mol. The summed E-state index contributed by atoms with van der Waals surface area (Å²) in [4.78, 5) is 29.2. The van der Waals surface area contributed by atoms with Crippen molar-refractivity contribution in [1.82, 2.24) is 4.90 Å². The van der Waals surface area contributed by atoms with Crippen molar-refractivity contribution < 1.29 is 14.3 Å². The van der Waals surface area contributed by atoms with Crippen molar-refractivity contribution in [2.75, 3.05) is 19.0 Å². The van der Waals surface area contributed by atoms with Gasteiger partial charge in [-0.3, -0.25) is 9.59 Å². The van der Waals surface area contributed by atoms with Crippen molar-refractivity contribution in [2.45, 2.75) is 18.9 Å². The summed E-state index contributed by atoms with van der Waals surface area (Å²) < 4.78 is 5.65. The summed E-state index contributed by atoms with van der Waals surface area (Å²) in [5, 5.41) is 5.00. The molecule has 1 aliphatic rings. The first-order valence-corrected chi connectivity index (χ1v) is 10.4. The first-order chi connectivity index (χ1) is 14.1. The number of thiophene rings is 1. The van der Waals surface area contributed by atoms with Gasteiger partial charge >= 0.3 is 0 Å². The Balaban J connectivity index is 1.77. The van der Waals surface area contributed by atoms with Crippen LogP contribution in [0.1, 0.15) is 39.7 Å². The number of likely N-dealkylation sites (N-methyl/N-ethyl adjacent to an activating group) is 1. The normalized spacial score (nSPS) is 18.3. The van der Waals surface area contributed by atoms with Crippen LogP contribution in [0.5, 0.6) is 5.75 Å². The summed E-state index contributed by atoms with van der Waals surface area (Å²) in [5.74, 6) is -0.132. The molecule has 1 N–H and O–H groups in total. The van der Waals surface area contributed by atoms with Crippen LogP contribution in [0.3, 0.4) is 0 Å². The summed E-state index contributed by atoms with van der Waals surface area (Å²) in [6.45, 7) is 2.41. The molecule has 0 fully saturated rings. The maximum Gasteiger partial charge on any atom is 0.254 e. The Morgan fingerprint density at radius 3 is 2.62 bits per heavy atom. The minimum absolute atomic E-state index is 0.0715. The lowest BCUT2D eigenvalue weighted by molar-refractivity contribution is -0.119. The average Bonchev–Trinajstić information content (AvgIpc) is 3.26. The van der Waals surface area contributed by atoms with E-state index >= 15 is 0 Å². The number of nitrogens with zero attached hydrogens (tertiary/aromatic N) is 1. The molecule has 29 heavy (non-hydrogen) atoms. The zero-order valence-electron chi connectivity index (χ0n) is 16.3. The van der Waals surface area contributed by atoms with E-state index in [1.807, 2.05) is 66.9 Å². The van der Waals surface area contributed by atoms with Gasteiger partial charge in [-0.25, -0.2) is 0 Å². The highest BCUT2D eigenvalue weighted by Crippen LogP contribution is 2.44. The first kappa shape index (κ1) is 19.2. The molecule has 3 aromatic rings. The molecule has 0 spiro atoms. The van der Waals surface area contributed by atoms with E-state index in [0.717, 1.165) is 10.4 Å². The number of para-hydroxylation sites is 2. The molecular formula is C23H22N2O3S. The van der Waals surface area contributed by atoms with E-state index in [4.69, 9.17) is 4.74 Å². The molecule has 0 saturated heterocycles. The van der Waals surface area contributed by atoms with E-state index < -0.39 is 5.92 Å². The maximum absolute atomic E-state index is 13.5. The molecule has 2 amide bonds. The van der Waals surface area contributed by atoms with E-state index in [-0.39, 0.29) is 17.9 Å². The number of anilines is 1. The third-order valence-corrected chi connectivity index (χ3v) is 6.08. The lowest BCUT2D eigenvalue weighted by atomic mass is 9.81. The zero-order chi connectivity index (χ0) is 20.4. The fourth-order valence-corrected chi connectivity index (χ4v) is 4.74. The molecule has 5 nitrogen and oxygen atoms in total. The van der Waals surface area contributed by atoms with Crippen LogP contribution in [0.15, 0.2) is 66.0 Å². The SMILES string of the molecule is CCOc1ccccc1NC(=O)[C@@H]1c2ccccc2C(=O)N(C)[C@H]1c1cccs1. The van der Waals surface area contributed by atoms with Crippen LogP contribution < -0.4 is 10.1 Å². The molecule has 0 saturated carbocycles. The van der Waals surface area contributed by atoms with Gasteiger partial charge in [0.1, 0.15) is 5.75 Å². The molecule has 2 aromatic carbocycles. The van der Waals surface area contributed by atoms with Gasteiger partial charge in [-0.2, -0.15) is 0 Å². The van der Waals surface area contributed by atoms with Crippen molar-refractivity contribution in [3.8, 4) is 5.75 Å². The number of hydrogen-bond donors (Lipinski definition) is 1. The highest BCUT2D eigenvalue weighted by Gasteiger charge is 2.43. The van der Waals surface area contributed by atoms with Gasteiger partial charge in [0.05, 0.1) is 24.3 Å². The number of hydrogen-bond acceptors (Lipinski definition) is 4. The molecule has 0 unspecified atom stereocenters. The third kappa shape index (κ3) is 3.51. The predicted octanol–water partition coefficient (Wildman–Crippen LogP) is 4.70. The second kappa shape index (κ2) is 8.09. The predicted molar refractivity (Wildman–Crippen MR) is 115 cm³/mol. The van der Waals surface area contributed by atoms with Crippen molar-refractivity contribution in [3.05, 3.63) is 82.0 Å². The number of benzene rings is 2. The van der Waals surface area contributed by atoms with Crippen molar-refractivity contribution >= 4 is 28.8 Å². The smallest absolute Gasteiger partial charge is 0.254 e. The Bertz CT molecular complexity index is 1030. The second-order valence-electron chi connectivity index (χ2n) is 6.86. The summed E-state index contributed by atoms with van der Waals surface area (Å²) in [6.07, 6.45) is 0. The molecule has 2 heterocycles. The van der Waals surface area contributed by atoms with Gasteiger partial charge < -0.3 is 15.0 Å². The quantitative estimate of drug-likeness (QED) is 0.668. The minimum Gasteiger partial charge on any atom is -0.492 e. The van der Waals surface area contributed by atoms with Crippen LogP contribution in [0, 0.1) is 0 Å². The van der Waals surface area contributed by atoms with Gasteiger partial charge in [0.2, 0.25) is 5.91 Å². The Morgan fingerprint density at radius 2 is 1.86 bits per heavy atom. The van der Waals surface area contributed by atoms with Crippen LogP contribution in [0.2, 0.25) is 0 Å². The minimum atomic E-state index is -0.526. The fourth-order valence-electron chi connectivity index (χ4n) is 3.83. The van der Waals surface area contributed by atoms with E-state index in [0.29, 0.717) is 23.6 Å². The maximum atomic E-state index is 13.5. The fraction of sp³-hybridized carbons (Fsp3) is 0.217. The number of carbonyl (C=O) groups excluding carboxylic acids is 2. The van der Waals surface area contributed by atoms with E-state index in [1.54, 1.807) is 29.4 Å². The number of ether oxygens (including phenoxy) is 1. The largest absolute Gasteiger partial charge is 0.492 e. The third-order valence-electron chi connectivity index (χ3n) is 5.14. The van der Waals surface area contributed by atoms with E-state index in [2.05, 4.69) is 5.32 Å². The Labute approximate surface area is 173 Å². The van der Waals surface area contributed by atoms with Crippen molar-refractivity contribution in [3.63, 3.8) is 0 Å². The Kier molecular flexibility index (Phi) is 5.36. The molecule has 1 aromatic heterocycles. The Morgan fingerprint density at radius 1 is 1.10 bits per heavy atom. The standard InChI is InChI=1S/C23H22N2O3S/c1-3-28-18-12-7-6-11-17(18)24-22(26)20-15-9-4-5-10-16(15)23(27)25(2)21(20)19-13-8-14-29-19/h4-14,20-21H,3H2,1-2H3,(H,24,26)/t20-,21+/m1/s1. The van der Waals surface area contributed by atoms with Crippen LogP contribution in [-0.2, 0) is 4.79 Å². The molecule has 2 atom stereocenters. The molecular weight excluding hydrogens is 384 g/mol. The van der Waals surface area contributed by atoms with Gasteiger partial charge in [0.15, 0.2) is 0 Å². The monoisotopic (exact) mass is 406 g/mol. The lowest BCUT2D eigenvalue weighted by Gasteiger charge is -2.39. The molecule has 0 aliphatic carbocycles. The molecule has 6 heteroatoms. The van der Waals surface area contributed by atoms with Gasteiger partial charge in [0, 0.05) is 17.5 Å².